The number of rotatable bonds is 5. The van der Waals surface area contributed by atoms with Gasteiger partial charge in [-0.3, -0.25) is 4.79 Å². The molecule has 0 unspecified atom stereocenters. The summed E-state index contributed by atoms with van der Waals surface area (Å²) < 4.78 is 5.14. The average Bonchev–Trinajstić information content (AvgIpc) is 2.28. The van der Waals surface area contributed by atoms with Gasteiger partial charge in [-0.2, -0.15) is 0 Å². The van der Waals surface area contributed by atoms with Crippen LogP contribution in [0.15, 0.2) is 12.1 Å². The summed E-state index contributed by atoms with van der Waals surface area (Å²) in [7, 11) is 1.59. The molecule has 0 spiro atoms. The zero-order valence-electron chi connectivity index (χ0n) is 11.3. The number of benzene rings is 1. The normalized spacial score (nSPS) is 10.6. The summed E-state index contributed by atoms with van der Waals surface area (Å²) in [6.07, 6.45) is 0.545. The van der Waals surface area contributed by atoms with Crippen LogP contribution in [0.5, 0.6) is 5.75 Å². The first kappa shape index (κ1) is 14.8. The van der Waals surface area contributed by atoms with Crippen LogP contribution in [0.1, 0.15) is 31.4 Å². The highest BCUT2D eigenvalue weighted by atomic mass is 35.5. The number of carbonyl (C=O) groups is 1. The number of hydrogen-bond acceptors (Lipinski definition) is 2. The van der Waals surface area contributed by atoms with Crippen LogP contribution in [0.25, 0.3) is 0 Å². The van der Waals surface area contributed by atoms with Crippen molar-refractivity contribution in [2.24, 2.45) is 5.92 Å². The third-order valence-electron chi connectivity index (χ3n) is 2.68. The Hall–Kier alpha value is -1.22. The number of halogens is 1. The Labute approximate surface area is 113 Å². The Morgan fingerprint density at radius 2 is 2.11 bits per heavy atom. The molecule has 1 aromatic rings. The van der Waals surface area contributed by atoms with E-state index in [0.717, 1.165) is 11.1 Å². The molecule has 1 N–H and O–H groups in total. The van der Waals surface area contributed by atoms with E-state index in [1.165, 1.54) is 0 Å². The summed E-state index contributed by atoms with van der Waals surface area (Å²) in [6, 6.07) is 3.72. The molecular weight excluding hydrogens is 250 g/mol. The number of nitrogens with one attached hydrogen (secondary N) is 1. The largest absolute Gasteiger partial charge is 0.495 e. The smallest absolute Gasteiger partial charge is 0.220 e. The Morgan fingerprint density at radius 3 is 2.67 bits per heavy atom. The predicted molar refractivity (Wildman–Crippen MR) is 74.0 cm³/mol. The SMILES string of the molecule is COc1cc(C)c(CNC(=O)CC(C)C)cc1Cl. The molecule has 4 heteroatoms. The average molecular weight is 270 g/mol. The van der Waals surface area contributed by atoms with Crippen LogP contribution in [0.3, 0.4) is 0 Å². The molecule has 0 atom stereocenters. The molecule has 0 saturated heterocycles. The summed E-state index contributed by atoms with van der Waals surface area (Å²) in [5, 5.41) is 3.46. The first-order valence-corrected chi connectivity index (χ1v) is 6.41. The second-order valence-electron chi connectivity index (χ2n) is 4.79. The van der Waals surface area contributed by atoms with Crippen LogP contribution in [0.4, 0.5) is 0 Å². The standard InChI is InChI=1S/C14H20ClNO2/c1-9(2)5-14(17)16-8-11-7-12(15)13(18-4)6-10(11)3/h6-7,9H,5,8H2,1-4H3,(H,16,17). The number of hydrogen-bond donors (Lipinski definition) is 1. The van der Waals surface area contributed by atoms with E-state index in [-0.39, 0.29) is 5.91 Å². The van der Waals surface area contributed by atoms with Gasteiger partial charge < -0.3 is 10.1 Å². The van der Waals surface area contributed by atoms with Crippen molar-refractivity contribution < 1.29 is 9.53 Å². The van der Waals surface area contributed by atoms with Crippen molar-refractivity contribution in [2.75, 3.05) is 7.11 Å². The Bertz CT molecular complexity index is 430. The first-order valence-electron chi connectivity index (χ1n) is 6.03. The van der Waals surface area contributed by atoms with E-state index in [1.54, 1.807) is 7.11 Å². The van der Waals surface area contributed by atoms with Crippen LogP contribution >= 0.6 is 11.6 Å². The highest BCUT2D eigenvalue weighted by molar-refractivity contribution is 6.32. The lowest BCUT2D eigenvalue weighted by atomic mass is 10.1. The van der Waals surface area contributed by atoms with E-state index >= 15 is 0 Å². The minimum absolute atomic E-state index is 0.0661. The topological polar surface area (TPSA) is 38.3 Å². The molecule has 0 aliphatic carbocycles. The van der Waals surface area contributed by atoms with Crippen molar-refractivity contribution in [3.8, 4) is 5.75 Å². The number of aryl methyl sites for hydroxylation is 1. The molecule has 3 nitrogen and oxygen atoms in total. The lowest BCUT2D eigenvalue weighted by molar-refractivity contribution is -0.121. The zero-order chi connectivity index (χ0) is 13.7. The molecule has 1 amide bonds. The molecule has 0 radical (unpaired) electrons. The maximum absolute atomic E-state index is 11.6. The number of methoxy groups -OCH3 is 1. The van der Waals surface area contributed by atoms with Gasteiger partial charge in [0.15, 0.2) is 0 Å². The van der Waals surface area contributed by atoms with E-state index in [2.05, 4.69) is 5.32 Å². The molecule has 1 aromatic carbocycles. The molecule has 0 saturated carbocycles. The van der Waals surface area contributed by atoms with Crippen LogP contribution < -0.4 is 10.1 Å². The summed E-state index contributed by atoms with van der Waals surface area (Å²) in [6.45, 7) is 6.52. The summed E-state index contributed by atoms with van der Waals surface area (Å²) in [5.74, 6) is 1.09. The van der Waals surface area contributed by atoms with Crippen LogP contribution in [0, 0.1) is 12.8 Å². The van der Waals surface area contributed by atoms with Crippen molar-refractivity contribution in [3.63, 3.8) is 0 Å². The first-order chi connectivity index (χ1) is 8.43. The maximum atomic E-state index is 11.6. The van der Waals surface area contributed by atoms with E-state index in [4.69, 9.17) is 16.3 Å². The fourth-order valence-corrected chi connectivity index (χ4v) is 1.94. The molecule has 18 heavy (non-hydrogen) atoms. The monoisotopic (exact) mass is 269 g/mol. The second-order valence-corrected chi connectivity index (χ2v) is 5.20. The van der Waals surface area contributed by atoms with Gasteiger partial charge in [0.25, 0.3) is 0 Å². The van der Waals surface area contributed by atoms with Gasteiger partial charge in [-0.15, -0.1) is 0 Å². The van der Waals surface area contributed by atoms with Crippen molar-refractivity contribution in [1.29, 1.82) is 0 Å². The van der Waals surface area contributed by atoms with Gasteiger partial charge in [0, 0.05) is 13.0 Å². The third kappa shape index (κ3) is 4.22. The molecule has 100 valence electrons. The second kappa shape index (κ2) is 6.64. The number of amides is 1. The van der Waals surface area contributed by atoms with Crippen molar-refractivity contribution in [3.05, 3.63) is 28.3 Å². The fraction of sp³-hybridized carbons (Fsp3) is 0.500. The van der Waals surface area contributed by atoms with E-state index < -0.39 is 0 Å². The van der Waals surface area contributed by atoms with Crippen molar-refractivity contribution >= 4 is 17.5 Å². The van der Waals surface area contributed by atoms with Gasteiger partial charge in [0.05, 0.1) is 12.1 Å². The minimum atomic E-state index is 0.0661. The van der Waals surface area contributed by atoms with Gasteiger partial charge in [0.2, 0.25) is 5.91 Å². The highest BCUT2D eigenvalue weighted by Gasteiger charge is 2.08. The molecule has 0 aromatic heterocycles. The number of carbonyl (C=O) groups excluding carboxylic acids is 1. The van der Waals surface area contributed by atoms with Gasteiger partial charge in [0.1, 0.15) is 5.75 Å². The molecule has 0 heterocycles. The lowest BCUT2D eigenvalue weighted by Gasteiger charge is -2.12. The van der Waals surface area contributed by atoms with Crippen LogP contribution in [-0.2, 0) is 11.3 Å². The Kier molecular flexibility index (Phi) is 5.48. The number of ether oxygens (including phenoxy) is 1. The summed E-state index contributed by atoms with van der Waals surface area (Å²) in [4.78, 5) is 11.6. The van der Waals surface area contributed by atoms with E-state index in [1.807, 2.05) is 32.9 Å². The molecule has 0 bridgehead atoms. The van der Waals surface area contributed by atoms with E-state index in [9.17, 15) is 4.79 Å². The molecule has 0 aliphatic heterocycles. The van der Waals surface area contributed by atoms with Crippen LogP contribution in [0.2, 0.25) is 5.02 Å². The van der Waals surface area contributed by atoms with E-state index in [0.29, 0.717) is 29.7 Å². The van der Waals surface area contributed by atoms with Gasteiger partial charge in [-0.25, -0.2) is 0 Å². The lowest BCUT2D eigenvalue weighted by Crippen LogP contribution is -2.24. The molecule has 0 aliphatic rings. The van der Waals surface area contributed by atoms with Gasteiger partial charge >= 0.3 is 0 Å². The van der Waals surface area contributed by atoms with Gasteiger partial charge in [-0.1, -0.05) is 25.4 Å². The van der Waals surface area contributed by atoms with Crippen LogP contribution in [-0.4, -0.2) is 13.0 Å². The summed E-state index contributed by atoms with van der Waals surface area (Å²) >= 11 is 6.06. The Balaban J connectivity index is 2.68. The third-order valence-corrected chi connectivity index (χ3v) is 2.98. The molecule has 1 rings (SSSR count). The molecular formula is C14H20ClNO2. The minimum Gasteiger partial charge on any atom is -0.495 e. The predicted octanol–water partition coefficient (Wildman–Crippen LogP) is 3.32. The molecule has 0 fully saturated rings. The highest BCUT2D eigenvalue weighted by Crippen LogP contribution is 2.27. The fourth-order valence-electron chi connectivity index (χ4n) is 1.68. The Morgan fingerprint density at radius 1 is 1.44 bits per heavy atom. The van der Waals surface area contributed by atoms with Gasteiger partial charge in [-0.05, 0) is 36.1 Å². The van der Waals surface area contributed by atoms with Crippen molar-refractivity contribution in [2.45, 2.75) is 33.7 Å². The van der Waals surface area contributed by atoms with Crippen molar-refractivity contribution in [1.82, 2.24) is 5.32 Å². The zero-order valence-corrected chi connectivity index (χ0v) is 12.1. The quantitative estimate of drug-likeness (QED) is 0.891. The summed E-state index contributed by atoms with van der Waals surface area (Å²) in [5.41, 5.74) is 2.07. The maximum Gasteiger partial charge on any atom is 0.220 e.